The van der Waals surface area contributed by atoms with Crippen molar-refractivity contribution in [1.29, 1.82) is 0 Å². The summed E-state index contributed by atoms with van der Waals surface area (Å²) in [6.07, 6.45) is 3.47. The highest BCUT2D eigenvalue weighted by atomic mass is 16.5. The van der Waals surface area contributed by atoms with Gasteiger partial charge in [0.25, 0.3) is 5.91 Å². The smallest absolute Gasteiger partial charge is 0.254 e. The SMILES string of the molecule is CCCc1cc(NC(=O)[C@H]2CCCO2)n[nH]1. The Morgan fingerprint density at radius 1 is 1.75 bits per heavy atom. The predicted molar refractivity (Wildman–Crippen MR) is 60.2 cm³/mol. The second-order valence-electron chi connectivity index (χ2n) is 4.02. The van der Waals surface area contributed by atoms with Gasteiger partial charge >= 0.3 is 0 Å². The van der Waals surface area contributed by atoms with Crippen molar-refractivity contribution >= 4 is 11.7 Å². The maximum Gasteiger partial charge on any atom is 0.254 e. The fourth-order valence-corrected chi connectivity index (χ4v) is 1.81. The number of rotatable bonds is 4. The fraction of sp³-hybridized carbons (Fsp3) is 0.636. The molecule has 1 atom stereocenters. The van der Waals surface area contributed by atoms with E-state index in [1.165, 1.54) is 0 Å². The van der Waals surface area contributed by atoms with Gasteiger partial charge in [0.05, 0.1) is 0 Å². The summed E-state index contributed by atoms with van der Waals surface area (Å²) in [5.41, 5.74) is 1.05. The molecule has 1 amide bonds. The molecule has 0 spiro atoms. The van der Waals surface area contributed by atoms with E-state index in [1.807, 2.05) is 6.07 Å². The lowest BCUT2D eigenvalue weighted by Gasteiger charge is -2.07. The van der Waals surface area contributed by atoms with Gasteiger partial charge in [-0.15, -0.1) is 0 Å². The third kappa shape index (κ3) is 2.61. The molecule has 1 fully saturated rings. The molecule has 16 heavy (non-hydrogen) atoms. The lowest BCUT2D eigenvalue weighted by atomic mass is 10.2. The Balaban J connectivity index is 1.89. The molecule has 1 aliphatic rings. The van der Waals surface area contributed by atoms with Crippen LogP contribution in [0, 0.1) is 0 Å². The number of ether oxygens (including phenoxy) is 1. The van der Waals surface area contributed by atoms with Crippen molar-refractivity contribution < 1.29 is 9.53 Å². The Bertz CT molecular complexity index is 356. The van der Waals surface area contributed by atoms with Crippen molar-refractivity contribution in [2.24, 2.45) is 0 Å². The summed E-state index contributed by atoms with van der Waals surface area (Å²) in [7, 11) is 0. The van der Waals surface area contributed by atoms with Gasteiger partial charge in [0.2, 0.25) is 0 Å². The van der Waals surface area contributed by atoms with Crippen molar-refractivity contribution in [3.8, 4) is 0 Å². The standard InChI is InChI=1S/C11H17N3O2/c1-2-4-8-7-10(14-13-8)12-11(15)9-5-3-6-16-9/h7,9H,2-6H2,1H3,(H2,12,13,14,15)/t9-/m1/s1. The van der Waals surface area contributed by atoms with Crippen LogP contribution in [-0.4, -0.2) is 28.8 Å². The highest BCUT2D eigenvalue weighted by Gasteiger charge is 2.23. The van der Waals surface area contributed by atoms with Gasteiger partial charge in [-0.1, -0.05) is 13.3 Å². The fourth-order valence-electron chi connectivity index (χ4n) is 1.81. The van der Waals surface area contributed by atoms with E-state index < -0.39 is 0 Å². The first-order valence-corrected chi connectivity index (χ1v) is 5.76. The molecule has 0 aromatic carbocycles. The minimum atomic E-state index is -0.300. The summed E-state index contributed by atoms with van der Waals surface area (Å²) < 4.78 is 5.29. The monoisotopic (exact) mass is 223 g/mol. The number of H-pyrrole nitrogens is 1. The molecule has 5 nitrogen and oxygen atoms in total. The molecule has 1 saturated heterocycles. The highest BCUT2D eigenvalue weighted by Crippen LogP contribution is 2.14. The molecule has 0 saturated carbocycles. The van der Waals surface area contributed by atoms with E-state index in [-0.39, 0.29) is 12.0 Å². The van der Waals surface area contributed by atoms with Crippen LogP contribution < -0.4 is 5.32 Å². The summed E-state index contributed by atoms with van der Waals surface area (Å²) in [5, 5.41) is 9.69. The minimum Gasteiger partial charge on any atom is -0.368 e. The molecule has 2 heterocycles. The van der Waals surface area contributed by atoms with E-state index in [4.69, 9.17) is 4.74 Å². The number of aromatic nitrogens is 2. The first-order valence-electron chi connectivity index (χ1n) is 5.76. The highest BCUT2D eigenvalue weighted by molar-refractivity contribution is 5.93. The first kappa shape index (κ1) is 11.1. The second kappa shape index (κ2) is 5.12. The number of nitrogens with zero attached hydrogens (tertiary/aromatic N) is 1. The Morgan fingerprint density at radius 3 is 3.31 bits per heavy atom. The van der Waals surface area contributed by atoms with Crippen LogP contribution in [0.2, 0.25) is 0 Å². The number of hydrogen-bond donors (Lipinski definition) is 2. The van der Waals surface area contributed by atoms with Gasteiger partial charge in [-0.2, -0.15) is 5.10 Å². The number of amides is 1. The van der Waals surface area contributed by atoms with Crippen LogP contribution in [0.15, 0.2) is 6.07 Å². The summed E-state index contributed by atoms with van der Waals surface area (Å²) in [6, 6.07) is 1.87. The second-order valence-corrected chi connectivity index (χ2v) is 4.02. The molecule has 0 bridgehead atoms. The van der Waals surface area contributed by atoms with Gasteiger partial charge in [-0.05, 0) is 19.3 Å². The van der Waals surface area contributed by atoms with E-state index in [9.17, 15) is 4.79 Å². The Labute approximate surface area is 94.6 Å². The lowest BCUT2D eigenvalue weighted by Crippen LogP contribution is -2.26. The van der Waals surface area contributed by atoms with E-state index in [1.54, 1.807) is 0 Å². The molecule has 5 heteroatoms. The molecule has 0 radical (unpaired) electrons. The zero-order chi connectivity index (χ0) is 11.4. The number of aryl methyl sites for hydroxylation is 1. The van der Waals surface area contributed by atoms with E-state index in [0.29, 0.717) is 12.4 Å². The number of aromatic amines is 1. The molecular formula is C11H17N3O2. The molecule has 0 unspecified atom stereocenters. The Kier molecular flexibility index (Phi) is 3.56. The average molecular weight is 223 g/mol. The number of carbonyl (C=O) groups is 1. The maximum atomic E-state index is 11.7. The normalized spacial score (nSPS) is 19.9. The van der Waals surface area contributed by atoms with E-state index in [0.717, 1.165) is 31.4 Å². The third-order valence-corrected chi connectivity index (χ3v) is 2.62. The topological polar surface area (TPSA) is 67.0 Å². The number of hydrogen-bond acceptors (Lipinski definition) is 3. The Morgan fingerprint density at radius 2 is 2.62 bits per heavy atom. The van der Waals surface area contributed by atoms with Crippen LogP contribution in [0.5, 0.6) is 0 Å². The number of anilines is 1. The van der Waals surface area contributed by atoms with Gasteiger partial charge in [0.15, 0.2) is 5.82 Å². The largest absolute Gasteiger partial charge is 0.368 e. The molecular weight excluding hydrogens is 206 g/mol. The predicted octanol–water partition coefficient (Wildman–Crippen LogP) is 1.48. The van der Waals surface area contributed by atoms with Crippen molar-refractivity contribution in [1.82, 2.24) is 10.2 Å². The molecule has 1 aromatic heterocycles. The van der Waals surface area contributed by atoms with Crippen molar-refractivity contribution in [3.05, 3.63) is 11.8 Å². The zero-order valence-corrected chi connectivity index (χ0v) is 9.45. The third-order valence-electron chi connectivity index (χ3n) is 2.62. The first-order chi connectivity index (χ1) is 7.79. The molecule has 2 rings (SSSR count). The van der Waals surface area contributed by atoms with E-state index >= 15 is 0 Å². The van der Waals surface area contributed by atoms with Crippen molar-refractivity contribution in [2.45, 2.75) is 38.7 Å². The number of carbonyl (C=O) groups excluding carboxylic acids is 1. The van der Waals surface area contributed by atoms with Crippen LogP contribution in [0.25, 0.3) is 0 Å². The van der Waals surface area contributed by atoms with Crippen LogP contribution in [0.4, 0.5) is 5.82 Å². The van der Waals surface area contributed by atoms with Gasteiger partial charge < -0.3 is 10.1 Å². The van der Waals surface area contributed by atoms with Crippen molar-refractivity contribution in [2.75, 3.05) is 11.9 Å². The van der Waals surface area contributed by atoms with Gasteiger partial charge in [0, 0.05) is 18.4 Å². The van der Waals surface area contributed by atoms with Crippen LogP contribution in [-0.2, 0) is 16.0 Å². The number of nitrogens with one attached hydrogen (secondary N) is 2. The lowest BCUT2D eigenvalue weighted by molar-refractivity contribution is -0.124. The van der Waals surface area contributed by atoms with Crippen LogP contribution >= 0.6 is 0 Å². The molecule has 0 aliphatic carbocycles. The van der Waals surface area contributed by atoms with Crippen molar-refractivity contribution in [3.63, 3.8) is 0 Å². The van der Waals surface area contributed by atoms with Crippen LogP contribution in [0.3, 0.4) is 0 Å². The molecule has 88 valence electrons. The summed E-state index contributed by atoms with van der Waals surface area (Å²) in [4.78, 5) is 11.7. The van der Waals surface area contributed by atoms with Gasteiger partial charge in [0.1, 0.15) is 6.10 Å². The molecule has 2 N–H and O–H groups in total. The van der Waals surface area contributed by atoms with E-state index in [2.05, 4.69) is 22.4 Å². The summed E-state index contributed by atoms with van der Waals surface area (Å²) >= 11 is 0. The van der Waals surface area contributed by atoms with Crippen LogP contribution in [0.1, 0.15) is 31.9 Å². The van der Waals surface area contributed by atoms with Gasteiger partial charge in [-0.3, -0.25) is 9.89 Å². The molecule has 1 aliphatic heterocycles. The molecule has 1 aromatic rings. The zero-order valence-electron chi connectivity index (χ0n) is 9.45. The average Bonchev–Trinajstić information content (AvgIpc) is 2.89. The van der Waals surface area contributed by atoms with Gasteiger partial charge in [-0.25, -0.2) is 0 Å². The Hall–Kier alpha value is -1.36. The maximum absolute atomic E-state index is 11.7. The summed E-state index contributed by atoms with van der Waals surface area (Å²) in [5.74, 6) is 0.496. The summed E-state index contributed by atoms with van der Waals surface area (Å²) in [6.45, 7) is 2.78. The minimum absolute atomic E-state index is 0.0907. The quantitative estimate of drug-likeness (QED) is 0.812.